The van der Waals surface area contributed by atoms with Crippen LogP contribution in [0.3, 0.4) is 0 Å². The Morgan fingerprint density at radius 2 is 1.74 bits per heavy atom. The number of carbonyl (C=O) groups excluding carboxylic acids is 1. The molecule has 2 aliphatic rings. The van der Waals surface area contributed by atoms with Crippen LogP contribution in [0.5, 0.6) is 0 Å². The first-order chi connectivity index (χ1) is 11.2. The molecule has 2 aliphatic heterocycles. The van der Waals surface area contributed by atoms with Crippen molar-refractivity contribution in [2.45, 2.75) is 24.8 Å². The predicted molar refractivity (Wildman–Crippen MR) is 90.1 cm³/mol. The Morgan fingerprint density at radius 1 is 1.09 bits per heavy atom. The summed E-state index contributed by atoms with van der Waals surface area (Å²) in [6, 6.07) is 10.6. The number of amides is 1. The Morgan fingerprint density at radius 3 is 2.39 bits per heavy atom. The van der Waals surface area contributed by atoms with Gasteiger partial charge in [-0.3, -0.25) is 9.69 Å². The summed E-state index contributed by atoms with van der Waals surface area (Å²) in [4.78, 5) is 17.1. The van der Waals surface area contributed by atoms with E-state index in [9.17, 15) is 4.79 Å². The average molecular weight is 317 g/mol. The van der Waals surface area contributed by atoms with Gasteiger partial charge in [0.25, 0.3) is 0 Å². The average Bonchev–Trinajstić information content (AvgIpc) is 2.61. The third-order valence-corrected chi connectivity index (χ3v) is 5.03. The molecule has 0 bridgehead atoms. The molecule has 1 aromatic carbocycles. The summed E-state index contributed by atoms with van der Waals surface area (Å²) in [6.45, 7) is 5.68. The standard InChI is InChI=1S/C18H27N3O2/c19-18(7-14-23-15-8-18)17(22)21-12-10-20(11-13-21)9-6-16-4-2-1-3-5-16/h1-5H,6-15,19H2. The van der Waals surface area contributed by atoms with Crippen LogP contribution in [-0.2, 0) is 16.0 Å². The van der Waals surface area contributed by atoms with Gasteiger partial charge in [-0.2, -0.15) is 0 Å². The van der Waals surface area contributed by atoms with Crippen LogP contribution < -0.4 is 5.73 Å². The minimum Gasteiger partial charge on any atom is -0.381 e. The zero-order valence-corrected chi connectivity index (χ0v) is 13.7. The maximum Gasteiger partial charge on any atom is 0.242 e. The highest BCUT2D eigenvalue weighted by atomic mass is 16.5. The van der Waals surface area contributed by atoms with E-state index in [0.717, 1.165) is 39.1 Å². The fourth-order valence-electron chi connectivity index (χ4n) is 3.37. The molecule has 2 saturated heterocycles. The Labute approximate surface area is 138 Å². The van der Waals surface area contributed by atoms with Gasteiger partial charge in [0.2, 0.25) is 5.91 Å². The minimum atomic E-state index is -0.704. The fraction of sp³-hybridized carbons (Fsp3) is 0.611. The third kappa shape index (κ3) is 4.10. The third-order valence-electron chi connectivity index (χ3n) is 5.03. The predicted octanol–water partition coefficient (Wildman–Crippen LogP) is 0.881. The maximum absolute atomic E-state index is 12.7. The number of nitrogens with zero attached hydrogens (tertiary/aromatic N) is 2. The first kappa shape index (κ1) is 16.4. The van der Waals surface area contributed by atoms with E-state index in [1.807, 2.05) is 11.0 Å². The first-order valence-electron chi connectivity index (χ1n) is 8.60. The lowest BCUT2D eigenvalue weighted by molar-refractivity contribution is -0.142. The van der Waals surface area contributed by atoms with Gasteiger partial charge in [0, 0.05) is 45.9 Å². The number of ether oxygens (including phenoxy) is 1. The van der Waals surface area contributed by atoms with Crippen LogP contribution >= 0.6 is 0 Å². The van der Waals surface area contributed by atoms with Gasteiger partial charge in [-0.05, 0) is 24.8 Å². The molecule has 5 heteroatoms. The number of rotatable bonds is 4. The van der Waals surface area contributed by atoms with Gasteiger partial charge in [-0.25, -0.2) is 0 Å². The second kappa shape index (κ2) is 7.43. The van der Waals surface area contributed by atoms with Crippen molar-refractivity contribution in [2.75, 3.05) is 45.9 Å². The van der Waals surface area contributed by atoms with Crippen molar-refractivity contribution in [2.24, 2.45) is 5.73 Å². The molecule has 1 aromatic rings. The summed E-state index contributed by atoms with van der Waals surface area (Å²) in [6.07, 6.45) is 2.34. The molecule has 0 saturated carbocycles. The van der Waals surface area contributed by atoms with Crippen LogP contribution in [-0.4, -0.2) is 67.2 Å². The summed E-state index contributed by atoms with van der Waals surface area (Å²) < 4.78 is 5.33. The van der Waals surface area contributed by atoms with Gasteiger partial charge in [0.05, 0.1) is 5.54 Å². The van der Waals surface area contributed by atoms with Crippen LogP contribution in [0.4, 0.5) is 0 Å². The molecule has 0 radical (unpaired) electrons. The van der Waals surface area contributed by atoms with E-state index in [1.165, 1.54) is 5.56 Å². The van der Waals surface area contributed by atoms with E-state index in [2.05, 4.69) is 29.2 Å². The van der Waals surface area contributed by atoms with Gasteiger partial charge in [-0.1, -0.05) is 30.3 Å². The molecule has 23 heavy (non-hydrogen) atoms. The molecule has 0 aromatic heterocycles. The molecule has 2 heterocycles. The lowest BCUT2D eigenvalue weighted by Gasteiger charge is -2.41. The molecule has 2 fully saturated rings. The molecule has 0 spiro atoms. The quantitative estimate of drug-likeness (QED) is 0.896. The summed E-state index contributed by atoms with van der Waals surface area (Å²) in [5, 5.41) is 0. The van der Waals surface area contributed by atoms with Crippen LogP contribution in [0.15, 0.2) is 30.3 Å². The Kier molecular flexibility index (Phi) is 5.30. The van der Waals surface area contributed by atoms with Gasteiger partial charge in [0.15, 0.2) is 0 Å². The molecule has 0 aliphatic carbocycles. The van der Waals surface area contributed by atoms with Gasteiger partial charge < -0.3 is 15.4 Å². The zero-order valence-electron chi connectivity index (χ0n) is 13.7. The number of benzene rings is 1. The van der Waals surface area contributed by atoms with E-state index in [-0.39, 0.29) is 5.91 Å². The molecule has 5 nitrogen and oxygen atoms in total. The number of hydrogen-bond donors (Lipinski definition) is 1. The van der Waals surface area contributed by atoms with E-state index < -0.39 is 5.54 Å². The highest BCUT2D eigenvalue weighted by Crippen LogP contribution is 2.21. The van der Waals surface area contributed by atoms with Crippen LogP contribution in [0, 0.1) is 0 Å². The SMILES string of the molecule is NC1(C(=O)N2CCN(CCc3ccccc3)CC2)CCOCC1. The molecule has 1 amide bonds. The highest BCUT2D eigenvalue weighted by molar-refractivity contribution is 5.86. The monoisotopic (exact) mass is 317 g/mol. The fourth-order valence-corrected chi connectivity index (χ4v) is 3.37. The number of nitrogens with two attached hydrogens (primary N) is 1. The summed E-state index contributed by atoms with van der Waals surface area (Å²) in [5.41, 5.74) is 6.98. The van der Waals surface area contributed by atoms with Gasteiger partial charge in [-0.15, -0.1) is 0 Å². The summed E-state index contributed by atoms with van der Waals surface area (Å²) >= 11 is 0. The summed E-state index contributed by atoms with van der Waals surface area (Å²) in [5.74, 6) is 0.114. The van der Waals surface area contributed by atoms with Crippen LogP contribution in [0.25, 0.3) is 0 Å². The topological polar surface area (TPSA) is 58.8 Å². The van der Waals surface area contributed by atoms with Crippen molar-refractivity contribution in [3.63, 3.8) is 0 Å². The van der Waals surface area contributed by atoms with Crippen LogP contribution in [0.1, 0.15) is 18.4 Å². The Bertz CT molecular complexity index is 506. The lowest BCUT2D eigenvalue weighted by Crippen LogP contribution is -2.61. The molecular formula is C18H27N3O2. The number of carbonyl (C=O) groups is 1. The van der Waals surface area contributed by atoms with Crippen molar-refractivity contribution in [3.05, 3.63) is 35.9 Å². The van der Waals surface area contributed by atoms with E-state index >= 15 is 0 Å². The first-order valence-corrected chi connectivity index (χ1v) is 8.60. The van der Waals surface area contributed by atoms with Gasteiger partial charge in [0.1, 0.15) is 0 Å². The van der Waals surface area contributed by atoms with Crippen molar-refractivity contribution in [3.8, 4) is 0 Å². The molecule has 2 N–H and O–H groups in total. The number of piperazine rings is 1. The minimum absolute atomic E-state index is 0.114. The highest BCUT2D eigenvalue weighted by Gasteiger charge is 2.39. The largest absolute Gasteiger partial charge is 0.381 e. The smallest absolute Gasteiger partial charge is 0.242 e. The molecule has 3 rings (SSSR count). The van der Waals surface area contributed by atoms with Crippen LogP contribution in [0.2, 0.25) is 0 Å². The normalized spacial score (nSPS) is 22.0. The number of hydrogen-bond acceptors (Lipinski definition) is 4. The Hall–Kier alpha value is -1.43. The van der Waals surface area contributed by atoms with Gasteiger partial charge >= 0.3 is 0 Å². The Balaban J connectivity index is 1.45. The maximum atomic E-state index is 12.7. The zero-order chi connectivity index (χ0) is 16.1. The summed E-state index contributed by atoms with van der Waals surface area (Å²) in [7, 11) is 0. The van der Waals surface area contributed by atoms with E-state index in [1.54, 1.807) is 0 Å². The van der Waals surface area contributed by atoms with E-state index in [0.29, 0.717) is 26.1 Å². The second-order valence-corrected chi connectivity index (χ2v) is 6.64. The van der Waals surface area contributed by atoms with Crippen molar-refractivity contribution < 1.29 is 9.53 Å². The van der Waals surface area contributed by atoms with Crippen molar-refractivity contribution >= 4 is 5.91 Å². The molecule has 0 unspecified atom stereocenters. The second-order valence-electron chi connectivity index (χ2n) is 6.64. The molecule has 126 valence electrons. The van der Waals surface area contributed by atoms with E-state index in [4.69, 9.17) is 10.5 Å². The lowest BCUT2D eigenvalue weighted by atomic mass is 9.89. The van der Waals surface area contributed by atoms with Crippen molar-refractivity contribution in [1.29, 1.82) is 0 Å². The molecule has 0 atom stereocenters. The van der Waals surface area contributed by atoms with Crippen molar-refractivity contribution in [1.82, 2.24) is 9.80 Å². The molecular weight excluding hydrogens is 290 g/mol.